The van der Waals surface area contributed by atoms with Gasteiger partial charge in [0.15, 0.2) is 0 Å². The van der Waals surface area contributed by atoms with Crippen LogP contribution >= 0.6 is 0 Å². The van der Waals surface area contributed by atoms with E-state index in [1.807, 2.05) is 19.2 Å². The van der Waals surface area contributed by atoms with Crippen LogP contribution in [-0.4, -0.2) is 4.57 Å². The van der Waals surface area contributed by atoms with E-state index in [9.17, 15) is 4.79 Å². The van der Waals surface area contributed by atoms with E-state index in [4.69, 9.17) is 0 Å². The summed E-state index contributed by atoms with van der Waals surface area (Å²) in [7, 11) is 1.82. The van der Waals surface area contributed by atoms with Gasteiger partial charge in [0.2, 0.25) is 5.56 Å². The molecule has 0 aromatic carbocycles. The predicted molar refractivity (Wildman–Crippen MR) is 50.4 cm³/mol. The average molecular weight is 165 g/mol. The Morgan fingerprint density at radius 1 is 1.50 bits per heavy atom. The molecule has 2 nitrogen and oxygen atoms in total. The van der Waals surface area contributed by atoms with Crippen LogP contribution in [0.15, 0.2) is 23.0 Å². The molecule has 0 aliphatic rings. The van der Waals surface area contributed by atoms with E-state index in [1.165, 1.54) is 0 Å². The molecule has 0 aliphatic heterocycles. The third kappa shape index (κ3) is 1.58. The largest absolute Gasteiger partial charge is 0.315 e. The first kappa shape index (κ1) is 9.04. The Hall–Kier alpha value is -1.05. The molecule has 1 aromatic rings. The molecule has 1 unspecified atom stereocenters. The first-order valence-corrected chi connectivity index (χ1v) is 4.32. The van der Waals surface area contributed by atoms with Crippen molar-refractivity contribution >= 4 is 0 Å². The van der Waals surface area contributed by atoms with Crippen LogP contribution in [0.5, 0.6) is 0 Å². The van der Waals surface area contributed by atoms with Crippen molar-refractivity contribution in [1.29, 1.82) is 0 Å². The molecule has 1 atom stereocenters. The van der Waals surface area contributed by atoms with Crippen LogP contribution < -0.4 is 5.56 Å². The molecule has 2 heteroatoms. The van der Waals surface area contributed by atoms with Gasteiger partial charge < -0.3 is 4.57 Å². The standard InChI is InChI=1S/C10H15NO/c1-4-8(2)9-6-5-7-10(12)11(9)3/h5-8H,4H2,1-3H3. The molecule has 1 rings (SSSR count). The maximum atomic E-state index is 11.2. The highest BCUT2D eigenvalue weighted by molar-refractivity contribution is 5.10. The van der Waals surface area contributed by atoms with Crippen LogP contribution in [0.25, 0.3) is 0 Å². The molecule has 0 radical (unpaired) electrons. The lowest BCUT2D eigenvalue weighted by Crippen LogP contribution is -2.19. The van der Waals surface area contributed by atoms with Gasteiger partial charge in [0.05, 0.1) is 0 Å². The molecule has 0 N–H and O–H groups in total. The maximum absolute atomic E-state index is 11.2. The first-order chi connectivity index (χ1) is 5.66. The van der Waals surface area contributed by atoms with Gasteiger partial charge in [-0.15, -0.1) is 0 Å². The Labute approximate surface area is 72.8 Å². The van der Waals surface area contributed by atoms with Gasteiger partial charge >= 0.3 is 0 Å². The van der Waals surface area contributed by atoms with Gasteiger partial charge in [0.1, 0.15) is 0 Å². The van der Waals surface area contributed by atoms with Crippen molar-refractivity contribution in [3.63, 3.8) is 0 Å². The molecule has 0 saturated heterocycles. The van der Waals surface area contributed by atoms with E-state index in [1.54, 1.807) is 10.6 Å². The summed E-state index contributed by atoms with van der Waals surface area (Å²) >= 11 is 0. The van der Waals surface area contributed by atoms with Crippen molar-refractivity contribution < 1.29 is 0 Å². The van der Waals surface area contributed by atoms with Crippen LogP contribution in [0.1, 0.15) is 31.9 Å². The van der Waals surface area contributed by atoms with E-state index in [-0.39, 0.29) is 5.56 Å². The van der Waals surface area contributed by atoms with Crippen LogP contribution in [0.2, 0.25) is 0 Å². The summed E-state index contributed by atoms with van der Waals surface area (Å²) in [4.78, 5) is 11.2. The molecule has 1 aromatic heterocycles. The molecule has 0 fully saturated rings. The van der Waals surface area contributed by atoms with Crippen LogP contribution in [-0.2, 0) is 7.05 Å². The second-order valence-corrected chi connectivity index (χ2v) is 3.16. The van der Waals surface area contributed by atoms with Crippen molar-refractivity contribution in [1.82, 2.24) is 4.57 Å². The summed E-state index contributed by atoms with van der Waals surface area (Å²) in [6, 6.07) is 5.42. The molecular weight excluding hydrogens is 150 g/mol. The Kier molecular flexibility index (Phi) is 2.69. The van der Waals surface area contributed by atoms with Crippen molar-refractivity contribution in [3.8, 4) is 0 Å². The van der Waals surface area contributed by atoms with E-state index in [0.717, 1.165) is 12.1 Å². The summed E-state index contributed by atoms with van der Waals surface area (Å²) in [6.07, 6.45) is 1.07. The predicted octanol–water partition coefficient (Wildman–Crippen LogP) is 1.90. The number of hydrogen-bond donors (Lipinski definition) is 0. The number of pyridine rings is 1. The van der Waals surface area contributed by atoms with E-state index < -0.39 is 0 Å². The topological polar surface area (TPSA) is 22.0 Å². The summed E-state index contributed by atoms with van der Waals surface area (Å²) in [5.74, 6) is 0.462. The minimum Gasteiger partial charge on any atom is -0.315 e. The zero-order valence-electron chi connectivity index (χ0n) is 7.87. The molecule has 0 bridgehead atoms. The highest BCUT2D eigenvalue weighted by Gasteiger charge is 2.05. The van der Waals surface area contributed by atoms with Crippen LogP contribution in [0.3, 0.4) is 0 Å². The van der Waals surface area contributed by atoms with E-state index >= 15 is 0 Å². The van der Waals surface area contributed by atoms with Gasteiger partial charge in [-0.25, -0.2) is 0 Å². The van der Waals surface area contributed by atoms with Gasteiger partial charge in [-0.2, -0.15) is 0 Å². The summed E-state index contributed by atoms with van der Waals surface area (Å²) in [5, 5.41) is 0. The molecule has 0 aliphatic carbocycles. The van der Waals surface area contributed by atoms with Gasteiger partial charge in [0, 0.05) is 18.8 Å². The quantitative estimate of drug-likeness (QED) is 0.656. The van der Waals surface area contributed by atoms with E-state index in [2.05, 4.69) is 13.8 Å². The highest BCUT2D eigenvalue weighted by Crippen LogP contribution is 2.15. The van der Waals surface area contributed by atoms with Crippen molar-refractivity contribution in [2.24, 2.45) is 7.05 Å². The monoisotopic (exact) mass is 165 g/mol. The normalized spacial score (nSPS) is 12.9. The van der Waals surface area contributed by atoms with E-state index in [0.29, 0.717) is 5.92 Å². The zero-order valence-corrected chi connectivity index (χ0v) is 7.87. The molecule has 0 spiro atoms. The Morgan fingerprint density at radius 2 is 2.17 bits per heavy atom. The SMILES string of the molecule is CCC(C)c1cccc(=O)n1C. The highest BCUT2D eigenvalue weighted by atomic mass is 16.1. The number of hydrogen-bond acceptors (Lipinski definition) is 1. The molecule has 0 saturated carbocycles. The zero-order chi connectivity index (χ0) is 9.14. The van der Waals surface area contributed by atoms with Gasteiger partial charge in [-0.05, 0) is 18.4 Å². The van der Waals surface area contributed by atoms with Crippen molar-refractivity contribution in [2.75, 3.05) is 0 Å². The molecule has 66 valence electrons. The lowest BCUT2D eigenvalue weighted by Gasteiger charge is -2.12. The van der Waals surface area contributed by atoms with Gasteiger partial charge in [-0.3, -0.25) is 4.79 Å². The molecule has 0 amide bonds. The molecule has 1 heterocycles. The van der Waals surface area contributed by atoms with Crippen molar-refractivity contribution in [2.45, 2.75) is 26.2 Å². The number of aromatic nitrogens is 1. The third-order valence-corrected chi connectivity index (χ3v) is 2.34. The Bertz CT molecular complexity index is 314. The average Bonchev–Trinajstić information content (AvgIpc) is 2.08. The number of rotatable bonds is 2. The van der Waals surface area contributed by atoms with Crippen LogP contribution in [0, 0.1) is 0 Å². The lowest BCUT2D eigenvalue weighted by molar-refractivity contribution is 0.645. The fraction of sp³-hybridized carbons (Fsp3) is 0.500. The van der Waals surface area contributed by atoms with Gasteiger partial charge in [0.25, 0.3) is 0 Å². The third-order valence-electron chi connectivity index (χ3n) is 2.34. The summed E-state index contributed by atoms with van der Waals surface area (Å²) < 4.78 is 1.72. The Morgan fingerprint density at radius 3 is 2.75 bits per heavy atom. The molecular formula is C10H15NO. The Balaban J connectivity index is 3.16. The second-order valence-electron chi connectivity index (χ2n) is 3.16. The minimum absolute atomic E-state index is 0.0767. The van der Waals surface area contributed by atoms with Gasteiger partial charge in [-0.1, -0.05) is 19.9 Å². The fourth-order valence-corrected chi connectivity index (χ4v) is 1.28. The smallest absolute Gasteiger partial charge is 0.250 e. The summed E-state index contributed by atoms with van der Waals surface area (Å²) in [6.45, 7) is 4.26. The van der Waals surface area contributed by atoms with Crippen molar-refractivity contribution in [3.05, 3.63) is 34.2 Å². The maximum Gasteiger partial charge on any atom is 0.250 e. The lowest BCUT2D eigenvalue weighted by atomic mass is 10.0. The minimum atomic E-state index is 0.0767. The number of nitrogens with zero attached hydrogens (tertiary/aromatic N) is 1. The first-order valence-electron chi connectivity index (χ1n) is 4.32. The molecule has 12 heavy (non-hydrogen) atoms. The fourth-order valence-electron chi connectivity index (χ4n) is 1.28. The summed E-state index contributed by atoms with van der Waals surface area (Å²) in [5.41, 5.74) is 1.19. The van der Waals surface area contributed by atoms with Crippen LogP contribution in [0.4, 0.5) is 0 Å². The second kappa shape index (κ2) is 3.57.